The maximum atomic E-state index is 12.4. The fourth-order valence-corrected chi connectivity index (χ4v) is 3.70. The number of benzene rings is 1. The second kappa shape index (κ2) is 11.5. The number of carbonyl (C=O) groups excluding carboxylic acids is 3. The average Bonchev–Trinajstić information content (AvgIpc) is 2.95. The van der Waals surface area contributed by atoms with Crippen LogP contribution in [-0.4, -0.2) is 40.1 Å². The van der Waals surface area contributed by atoms with Gasteiger partial charge in [-0.15, -0.1) is 0 Å². The van der Waals surface area contributed by atoms with Crippen molar-refractivity contribution in [3.63, 3.8) is 0 Å². The summed E-state index contributed by atoms with van der Waals surface area (Å²) in [5, 5.41) is 9.45. The van der Waals surface area contributed by atoms with Crippen molar-refractivity contribution in [2.24, 2.45) is 5.92 Å². The predicted molar refractivity (Wildman–Crippen MR) is 110 cm³/mol. The van der Waals surface area contributed by atoms with Crippen molar-refractivity contribution in [3.05, 3.63) is 35.4 Å². The van der Waals surface area contributed by atoms with E-state index in [2.05, 4.69) is 6.92 Å². The zero-order valence-electron chi connectivity index (χ0n) is 17.2. The number of imide groups is 1. The van der Waals surface area contributed by atoms with Gasteiger partial charge in [-0.25, -0.2) is 0 Å². The number of aliphatic carboxylic acids is 1. The predicted octanol–water partition coefficient (Wildman–Crippen LogP) is 4.47. The summed E-state index contributed by atoms with van der Waals surface area (Å²) in [6.45, 7) is 2.18. The van der Waals surface area contributed by atoms with Gasteiger partial charge in [0.25, 0.3) is 11.8 Å². The van der Waals surface area contributed by atoms with Crippen LogP contribution >= 0.6 is 0 Å². The Kier molecular flexibility index (Phi) is 9.03. The van der Waals surface area contributed by atoms with Crippen LogP contribution in [0.1, 0.15) is 91.8 Å². The molecule has 0 fully saturated rings. The molecule has 1 aromatic carbocycles. The molecule has 1 aromatic rings. The minimum Gasteiger partial charge on any atom is -0.481 e. The lowest BCUT2D eigenvalue weighted by atomic mass is 9.96. The Morgan fingerprint density at radius 3 is 2.03 bits per heavy atom. The molecule has 0 saturated heterocycles. The van der Waals surface area contributed by atoms with Crippen LogP contribution in [0.15, 0.2) is 24.3 Å². The first-order valence-corrected chi connectivity index (χ1v) is 10.7. The first-order valence-electron chi connectivity index (χ1n) is 10.7. The van der Waals surface area contributed by atoms with Crippen molar-refractivity contribution in [2.45, 2.75) is 71.1 Å². The van der Waals surface area contributed by atoms with Gasteiger partial charge < -0.3 is 5.11 Å². The van der Waals surface area contributed by atoms with E-state index < -0.39 is 23.7 Å². The third kappa shape index (κ3) is 6.51. The Balaban J connectivity index is 1.76. The van der Waals surface area contributed by atoms with Crippen LogP contribution in [-0.2, 0) is 9.59 Å². The Morgan fingerprint density at radius 1 is 0.931 bits per heavy atom. The molecule has 0 radical (unpaired) electrons. The number of nitrogens with zero attached hydrogens (tertiary/aromatic N) is 1. The fourth-order valence-electron chi connectivity index (χ4n) is 3.70. The SMILES string of the molecule is CCCCCCCCCC(=O)CC(CCN1C(=O)c2ccccc2C1=O)C(=O)O. The average molecular weight is 402 g/mol. The minimum atomic E-state index is -1.06. The number of rotatable bonds is 14. The van der Waals surface area contributed by atoms with Crippen molar-refractivity contribution in [3.8, 4) is 0 Å². The second-order valence-electron chi connectivity index (χ2n) is 7.75. The molecule has 0 aliphatic carbocycles. The van der Waals surface area contributed by atoms with Gasteiger partial charge in [-0.2, -0.15) is 0 Å². The lowest BCUT2D eigenvalue weighted by Gasteiger charge is -2.17. The summed E-state index contributed by atoms with van der Waals surface area (Å²) in [5.74, 6) is -2.80. The largest absolute Gasteiger partial charge is 0.481 e. The van der Waals surface area contributed by atoms with Gasteiger partial charge in [0, 0.05) is 19.4 Å². The first-order chi connectivity index (χ1) is 14.0. The molecule has 1 aliphatic rings. The van der Waals surface area contributed by atoms with Gasteiger partial charge in [0.15, 0.2) is 0 Å². The van der Waals surface area contributed by atoms with Crippen LogP contribution in [0.2, 0.25) is 0 Å². The molecule has 2 amide bonds. The summed E-state index contributed by atoms with van der Waals surface area (Å²) >= 11 is 0. The summed E-state index contributed by atoms with van der Waals surface area (Å²) in [5.41, 5.74) is 0.693. The number of hydrogen-bond acceptors (Lipinski definition) is 4. The highest BCUT2D eigenvalue weighted by Gasteiger charge is 2.35. The van der Waals surface area contributed by atoms with Gasteiger partial charge in [-0.05, 0) is 25.0 Å². The third-order valence-corrected chi connectivity index (χ3v) is 5.46. The number of carboxylic acids is 1. The Hall–Kier alpha value is -2.50. The highest BCUT2D eigenvalue weighted by molar-refractivity contribution is 6.21. The maximum Gasteiger partial charge on any atom is 0.307 e. The standard InChI is InChI=1S/C23H31NO5/c1-2-3-4-5-6-7-8-11-18(25)16-17(23(28)29)14-15-24-21(26)19-12-9-10-13-20(19)22(24)27/h9-10,12-13,17H,2-8,11,14-16H2,1H3,(H,28,29). The monoisotopic (exact) mass is 401 g/mol. The number of Topliss-reactive ketones (excluding diaryl/α,β-unsaturated/α-hetero) is 1. The van der Waals surface area contributed by atoms with Crippen molar-refractivity contribution < 1.29 is 24.3 Å². The third-order valence-electron chi connectivity index (χ3n) is 5.46. The van der Waals surface area contributed by atoms with Crippen LogP contribution in [0.4, 0.5) is 0 Å². The van der Waals surface area contributed by atoms with Crippen LogP contribution < -0.4 is 0 Å². The van der Waals surface area contributed by atoms with Gasteiger partial charge in [-0.1, -0.05) is 57.6 Å². The number of amides is 2. The van der Waals surface area contributed by atoms with E-state index in [0.717, 1.165) is 24.2 Å². The minimum absolute atomic E-state index is 0.00796. The molecule has 1 aliphatic heterocycles. The second-order valence-corrected chi connectivity index (χ2v) is 7.75. The molecule has 0 spiro atoms. The molecule has 158 valence electrons. The maximum absolute atomic E-state index is 12.4. The van der Waals surface area contributed by atoms with E-state index in [1.54, 1.807) is 24.3 Å². The van der Waals surface area contributed by atoms with E-state index in [1.165, 1.54) is 25.7 Å². The molecule has 1 unspecified atom stereocenters. The number of hydrogen-bond donors (Lipinski definition) is 1. The summed E-state index contributed by atoms with van der Waals surface area (Å²) in [6, 6.07) is 6.57. The molecule has 0 saturated carbocycles. The highest BCUT2D eigenvalue weighted by atomic mass is 16.4. The van der Waals surface area contributed by atoms with Gasteiger partial charge in [0.05, 0.1) is 17.0 Å². The smallest absolute Gasteiger partial charge is 0.307 e. The first kappa shape index (κ1) is 22.8. The molecule has 1 atom stereocenters. The number of carboxylic acid groups (broad SMARTS) is 1. The van der Waals surface area contributed by atoms with E-state index >= 15 is 0 Å². The van der Waals surface area contributed by atoms with Crippen LogP contribution in [0, 0.1) is 5.92 Å². The number of unbranched alkanes of at least 4 members (excludes halogenated alkanes) is 6. The van der Waals surface area contributed by atoms with E-state index in [1.807, 2.05) is 0 Å². The van der Waals surface area contributed by atoms with Crippen molar-refractivity contribution in [2.75, 3.05) is 6.54 Å². The molecule has 29 heavy (non-hydrogen) atoms. The Labute approximate surface area is 172 Å². The Morgan fingerprint density at radius 2 is 1.48 bits per heavy atom. The van der Waals surface area contributed by atoms with Crippen LogP contribution in [0.3, 0.4) is 0 Å². The zero-order valence-corrected chi connectivity index (χ0v) is 17.2. The van der Waals surface area contributed by atoms with Crippen molar-refractivity contribution in [1.29, 1.82) is 0 Å². The van der Waals surface area contributed by atoms with Crippen LogP contribution in [0.5, 0.6) is 0 Å². The number of ketones is 1. The summed E-state index contributed by atoms with van der Waals surface area (Å²) < 4.78 is 0. The van der Waals surface area contributed by atoms with E-state index in [-0.39, 0.29) is 25.2 Å². The lowest BCUT2D eigenvalue weighted by molar-refractivity contribution is -0.144. The molecule has 0 bridgehead atoms. The lowest BCUT2D eigenvalue weighted by Crippen LogP contribution is -2.33. The van der Waals surface area contributed by atoms with Crippen molar-refractivity contribution in [1.82, 2.24) is 4.90 Å². The summed E-state index contributed by atoms with van der Waals surface area (Å²) in [4.78, 5) is 49.6. The van der Waals surface area contributed by atoms with Gasteiger partial charge in [0.2, 0.25) is 0 Å². The normalized spacial score (nSPS) is 14.2. The van der Waals surface area contributed by atoms with Gasteiger partial charge >= 0.3 is 5.97 Å². The van der Waals surface area contributed by atoms with Gasteiger partial charge in [-0.3, -0.25) is 24.1 Å². The van der Waals surface area contributed by atoms with E-state index in [9.17, 15) is 24.3 Å². The fraction of sp³-hybridized carbons (Fsp3) is 0.565. The quantitative estimate of drug-likeness (QED) is 0.367. The number of fused-ring (bicyclic) bond motifs is 1. The summed E-state index contributed by atoms with van der Waals surface area (Å²) in [7, 11) is 0. The van der Waals surface area contributed by atoms with E-state index in [0.29, 0.717) is 17.5 Å². The Bertz CT molecular complexity index is 708. The molecule has 0 aromatic heterocycles. The van der Waals surface area contributed by atoms with Crippen molar-refractivity contribution >= 4 is 23.6 Å². The highest BCUT2D eigenvalue weighted by Crippen LogP contribution is 2.24. The molecule has 6 nitrogen and oxygen atoms in total. The molecular formula is C23H31NO5. The molecular weight excluding hydrogens is 370 g/mol. The van der Waals surface area contributed by atoms with Gasteiger partial charge in [0.1, 0.15) is 5.78 Å². The molecule has 2 rings (SSSR count). The van der Waals surface area contributed by atoms with Crippen LogP contribution in [0.25, 0.3) is 0 Å². The van der Waals surface area contributed by atoms with E-state index in [4.69, 9.17) is 0 Å². The molecule has 6 heteroatoms. The molecule has 1 N–H and O–H groups in total. The summed E-state index contributed by atoms with van der Waals surface area (Å²) in [6.07, 6.45) is 8.17. The molecule has 1 heterocycles. The number of carbonyl (C=O) groups is 4. The zero-order chi connectivity index (χ0) is 21.2. The topological polar surface area (TPSA) is 91.8 Å².